The molecule has 0 fully saturated rings. The summed E-state index contributed by atoms with van der Waals surface area (Å²) in [7, 11) is 2.14. The zero-order chi connectivity index (χ0) is 12.9. The monoisotopic (exact) mass is 238 g/mol. The molecule has 1 heterocycles. The minimum atomic E-state index is 0.269. The van der Waals surface area contributed by atoms with Crippen molar-refractivity contribution >= 4 is 0 Å². The summed E-state index contributed by atoms with van der Waals surface area (Å²) >= 11 is 0. The summed E-state index contributed by atoms with van der Waals surface area (Å²) in [6.07, 6.45) is 1.73. The Bertz CT molecular complexity index is 304. The van der Waals surface area contributed by atoms with Crippen LogP contribution in [0, 0.1) is 5.41 Å². The molecule has 0 saturated carbocycles. The van der Waals surface area contributed by atoms with Crippen LogP contribution in [0.25, 0.3) is 0 Å². The van der Waals surface area contributed by atoms with Crippen LogP contribution in [0.15, 0.2) is 22.8 Å². The molecule has 0 aliphatic heterocycles. The van der Waals surface area contributed by atoms with E-state index in [0.29, 0.717) is 6.04 Å². The van der Waals surface area contributed by atoms with Crippen molar-refractivity contribution in [3.8, 4) is 0 Å². The highest BCUT2D eigenvalue weighted by atomic mass is 16.3. The quantitative estimate of drug-likeness (QED) is 0.791. The molecule has 0 aliphatic rings. The summed E-state index contributed by atoms with van der Waals surface area (Å²) in [5.74, 6) is 1.03. The van der Waals surface area contributed by atoms with E-state index in [-0.39, 0.29) is 5.41 Å². The summed E-state index contributed by atoms with van der Waals surface area (Å²) in [4.78, 5) is 2.31. The number of rotatable bonds is 7. The Labute approximate surface area is 105 Å². The van der Waals surface area contributed by atoms with Crippen molar-refractivity contribution in [3.05, 3.63) is 24.2 Å². The molecule has 0 aliphatic carbocycles. The van der Waals surface area contributed by atoms with Gasteiger partial charge in [0.15, 0.2) is 0 Å². The van der Waals surface area contributed by atoms with Crippen molar-refractivity contribution in [2.75, 3.05) is 20.1 Å². The number of hydrogen-bond acceptors (Lipinski definition) is 3. The Balaban J connectivity index is 2.35. The Morgan fingerprint density at radius 1 is 1.41 bits per heavy atom. The molecule has 1 N–H and O–H groups in total. The molecule has 0 aromatic carbocycles. The van der Waals surface area contributed by atoms with Gasteiger partial charge in [0.2, 0.25) is 0 Å². The van der Waals surface area contributed by atoms with Crippen molar-refractivity contribution in [3.63, 3.8) is 0 Å². The molecule has 3 nitrogen and oxygen atoms in total. The van der Waals surface area contributed by atoms with E-state index in [1.807, 2.05) is 12.1 Å². The van der Waals surface area contributed by atoms with E-state index in [2.05, 4.69) is 45.0 Å². The highest BCUT2D eigenvalue weighted by Gasteiger charge is 2.20. The molecule has 1 aromatic rings. The van der Waals surface area contributed by atoms with E-state index in [1.165, 1.54) is 0 Å². The van der Waals surface area contributed by atoms with Crippen molar-refractivity contribution in [1.29, 1.82) is 0 Å². The van der Waals surface area contributed by atoms with Gasteiger partial charge in [-0.25, -0.2) is 0 Å². The zero-order valence-electron chi connectivity index (χ0n) is 11.8. The Morgan fingerprint density at radius 3 is 2.65 bits per heavy atom. The first-order chi connectivity index (χ1) is 7.89. The second-order valence-corrected chi connectivity index (χ2v) is 5.95. The van der Waals surface area contributed by atoms with E-state index in [1.54, 1.807) is 6.26 Å². The largest absolute Gasteiger partial charge is 0.468 e. The van der Waals surface area contributed by atoms with Gasteiger partial charge in [-0.15, -0.1) is 0 Å². The molecular formula is C14H26N2O. The van der Waals surface area contributed by atoms with Crippen molar-refractivity contribution < 1.29 is 4.42 Å². The normalized spacial score (nSPS) is 12.6. The maximum atomic E-state index is 5.36. The van der Waals surface area contributed by atoms with E-state index < -0.39 is 0 Å². The average molecular weight is 238 g/mol. The predicted octanol–water partition coefficient (Wildman–Crippen LogP) is 2.74. The molecule has 0 atom stereocenters. The lowest BCUT2D eigenvalue weighted by Gasteiger charge is -2.31. The van der Waals surface area contributed by atoms with Crippen molar-refractivity contribution in [2.24, 2.45) is 5.41 Å². The van der Waals surface area contributed by atoms with E-state index in [4.69, 9.17) is 4.42 Å². The molecule has 1 aromatic heterocycles. The van der Waals surface area contributed by atoms with Gasteiger partial charge in [0.25, 0.3) is 0 Å². The summed E-state index contributed by atoms with van der Waals surface area (Å²) in [5, 5.41) is 3.50. The minimum Gasteiger partial charge on any atom is -0.468 e. The molecule has 0 amide bonds. The molecule has 3 heteroatoms. The number of hydrogen-bond donors (Lipinski definition) is 1. The average Bonchev–Trinajstić information content (AvgIpc) is 2.66. The van der Waals surface area contributed by atoms with Gasteiger partial charge in [0, 0.05) is 19.1 Å². The first-order valence-corrected chi connectivity index (χ1v) is 6.33. The molecule has 98 valence electrons. The Kier molecular flexibility index (Phi) is 5.22. The van der Waals surface area contributed by atoms with Gasteiger partial charge in [0.1, 0.15) is 5.76 Å². The Morgan fingerprint density at radius 2 is 2.12 bits per heavy atom. The van der Waals surface area contributed by atoms with Crippen LogP contribution in [0.3, 0.4) is 0 Å². The van der Waals surface area contributed by atoms with E-state index in [9.17, 15) is 0 Å². The highest BCUT2D eigenvalue weighted by molar-refractivity contribution is 4.97. The number of furan rings is 1. The fraction of sp³-hybridized carbons (Fsp3) is 0.714. The summed E-state index contributed by atoms with van der Waals surface area (Å²) in [5.41, 5.74) is 0.269. The van der Waals surface area contributed by atoms with Gasteiger partial charge < -0.3 is 9.73 Å². The lowest BCUT2D eigenvalue weighted by molar-refractivity contribution is 0.186. The second kappa shape index (κ2) is 6.22. The summed E-state index contributed by atoms with van der Waals surface area (Å²) in [6, 6.07) is 4.51. The third kappa shape index (κ3) is 5.89. The molecule has 0 saturated heterocycles. The molecule has 17 heavy (non-hydrogen) atoms. The first-order valence-electron chi connectivity index (χ1n) is 6.33. The smallest absolute Gasteiger partial charge is 0.117 e. The third-order valence-corrected chi connectivity index (χ3v) is 2.69. The number of nitrogens with one attached hydrogen (secondary N) is 1. The SMILES string of the molecule is CC(C)NCC(C)(C)CN(C)Cc1ccco1. The van der Waals surface area contributed by atoms with Crippen LogP contribution in [0.5, 0.6) is 0 Å². The van der Waals surface area contributed by atoms with Gasteiger partial charge in [-0.2, -0.15) is 0 Å². The van der Waals surface area contributed by atoms with Crippen LogP contribution in [0.2, 0.25) is 0 Å². The van der Waals surface area contributed by atoms with E-state index in [0.717, 1.165) is 25.4 Å². The van der Waals surface area contributed by atoms with Crippen LogP contribution in [-0.2, 0) is 6.54 Å². The molecule has 0 spiro atoms. The van der Waals surface area contributed by atoms with Crippen LogP contribution in [0.4, 0.5) is 0 Å². The summed E-state index contributed by atoms with van der Waals surface area (Å²) < 4.78 is 5.36. The van der Waals surface area contributed by atoms with Crippen LogP contribution in [0.1, 0.15) is 33.5 Å². The van der Waals surface area contributed by atoms with Crippen molar-refractivity contribution in [1.82, 2.24) is 10.2 Å². The highest BCUT2D eigenvalue weighted by Crippen LogP contribution is 2.17. The molecular weight excluding hydrogens is 212 g/mol. The fourth-order valence-corrected chi connectivity index (χ4v) is 1.99. The molecule has 0 unspecified atom stereocenters. The zero-order valence-corrected chi connectivity index (χ0v) is 11.8. The van der Waals surface area contributed by atoms with Crippen LogP contribution in [-0.4, -0.2) is 31.1 Å². The first kappa shape index (κ1) is 14.3. The lowest BCUT2D eigenvalue weighted by atomic mass is 9.92. The summed E-state index contributed by atoms with van der Waals surface area (Å²) in [6.45, 7) is 11.9. The van der Waals surface area contributed by atoms with Crippen LogP contribution < -0.4 is 5.32 Å². The minimum absolute atomic E-state index is 0.269. The second-order valence-electron chi connectivity index (χ2n) is 5.95. The Hall–Kier alpha value is -0.800. The van der Waals surface area contributed by atoms with Gasteiger partial charge >= 0.3 is 0 Å². The lowest BCUT2D eigenvalue weighted by Crippen LogP contribution is -2.40. The maximum absolute atomic E-state index is 5.36. The van der Waals surface area contributed by atoms with Crippen molar-refractivity contribution in [2.45, 2.75) is 40.3 Å². The van der Waals surface area contributed by atoms with Gasteiger partial charge in [0.05, 0.1) is 12.8 Å². The maximum Gasteiger partial charge on any atom is 0.117 e. The molecule has 1 rings (SSSR count). The van der Waals surface area contributed by atoms with Gasteiger partial charge in [-0.05, 0) is 24.6 Å². The van der Waals surface area contributed by atoms with Gasteiger partial charge in [-0.1, -0.05) is 27.7 Å². The fourth-order valence-electron chi connectivity index (χ4n) is 1.99. The number of nitrogens with zero attached hydrogens (tertiary/aromatic N) is 1. The van der Waals surface area contributed by atoms with Crippen LogP contribution >= 0.6 is 0 Å². The van der Waals surface area contributed by atoms with Gasteiger partial charge in [-0.3, -0.25) is 4.90 Å². The predicted molar refractivity (Wildman–Crippen MR) is 72.0 cm³/mol. The molecule has 0 radical (unpaired) electrons. The third-order valence-electron chi connectivity index (χ3n) is 2.69. The standard InChI is InChI=1S/C14H26N2O/c1-12(2)15-10-14(3,4)11-16(5)9-13-7-6-8-17-13/h6-8,12,15H,9-11H2,1-5H3. The molecule has 0 bridgehead atoms. The van der Waals surface area contributed by atoms with E-state index >= 15 is 0 Å². The topological polar surface area (TPSA) is 28.4 Å².